The molecule has 0 spiro atoms. The van der Waals surface area contributed by atoms with Gasteiger partial charge in [0.05, 0.1) is 6.10 Å². The molecule has 2 N–H and O–H groups in total. The highest BCUT2D eigenvalue weighted by molar-refractivity contribution is 5.92. The van der Waals surface area contributed by atoms with Crippen LogP contribution in [-0.2, 0) is 11.2 Å². The van der Waals surface area contributed by atoms with Gasteiger partial charge in [-0.1, -0.05) is 12.1 Å². The number of hydrogen-bond acceptors (Lipinski definition) is 3. The summed E-state index contributed by atoms with van der Waals surface area (Å²) in [5.74, 6) is 0.355. The summed E-state index contributed by atoms with van der Waals surface area (Å²) >= 11 is 0. The number of fused-ring (bicyclic) bond motifs is 1. The Morgan fingerprint density at radius 3 is 3.00 bits per heavy atom. The van der Waals surface area contributed by atoms with Crippen molar-refractivity contribution in [1.29, 1.82) is 0 Å². The van der Waals surface area contributed by atoms with E-state index in [0.29, 0.717) is 0 Å². The van der Waals surface area contributed by atoms with Crippen LogP contribution in [0.2, 0.25) is 0 Å². The van der Waals surface area contributed by atoms with Gasteiger partial charge in [-0.3, -0.25) is 4.79 Å². The van der Waals surface area contributed by atoms with Gasteiger partial charge in [0.15, 0.2) is 0 Å². The summed E-state index contributed by atoms with van der Waals surface area (Å²) in [6.07, 6.45) is 3.76. The third kappa shape index (κ3) is 2.97. The average molecular weight is 288 g/mol. The van der Waals surface area contributed by atoms with Gasteiger partial charge >= 0.3 is 0 Å². The molecular weight excluding hydrogens is 264 g/mol. The number of carbonyl (C=O) groups excluding carboxylic acids is 1. The zero-order chi connectivity index (χ0) is 14.8. The first kappa shape index (κ1) is 14.5. The molecule has 1 aromatic carbocycles. The van der Waals surface area contributed by atoms with Gasteiger partial charge in [-0.25, -0.2) is 0 Å². The number of aryl methyl sites for hydroxylation is 1. The van der Waals surface area contributed by atoms with Gasteiger partial charge in [0.25, 0.3) is 0 Å². The number of anilines is 1. The summed E-state index contributed by atoms with van der Waals surface area (Å²) in [5, 5.41) is 14.0. The van der Waals surface area contributed by atoms with Gasteiger partial charge in [0.2, 0.25) is 5.91 Å². The first-order chi connectivity index (χ1) is 10.2. The van der Waals surface area contributed by atoms with Crippen molar-refractivity contribution in [1.82, 2.24) is 5.32 Å². The van der Waals surface area contributed by atoms with E-state index in [-0.39, 0.29) is 11.8 Å². The van der Waals surface area contributed by atoms with E-state index in [4.69, 9.17) is 0 Å². The molecule has 2 unspecified atom stereocenters. The number of rotatable bonds is 2. The minimum atomic E-state index is -0.446. The summed E-state index contributed by atoms with van der Waals surface area (Å²) in [6.45, 7) is 4.32. The lowest BCUT2D eigenvalue weighted by molar-refractivity contribution is -0.116. The zero-order valence-electron chi connectivity index (χ0n) is 12.6. The van der Waals surface area contributed by atoms with Crippen LogP contribution in [0, 0.1) is 5.92 Å². The Bertz CT molecular complexity index is 524. The highest BCUT2D eigenvalue weighted by Crippen LogP contribution is 2.33. The molecule has 2 aliphatic heterocycles. The summed E-state index contributed by atoms with van der Waals surface area (Å²) in [5.41, 5.74) is 3.15. The maximum Gasteiger partial charge on any atom is 0.223 e. The first-order valence-corrected chi connectivity index (χ1v) is 7.96. The van der Waals surface area contributed by atoms with E-state index < -0.39 is 6.10 Å². The standard InChI is InChI=1S/C17H24N2O2/c1-12(20)19-9-3-5-13-6-7-14(10-16(13)19)17(21)15-4-2-8-18-11-15/h6-7,10,15,17-18,21H,2-5,8-9,11H2,1H3. The van der Waals surface area contributed by atoms with Crippen LogP contribution >= 0.6 is 0 Å². The lowest BCUT2D eigenvalue weighted by Crippen LogP contribution is -2.35. The van der Waals surface area contributed by atoms with Gasteiger partial charge < -0.3 is 15.3 Å². The summed E-state index contributed by atoms with van der Waals surface area (Å²) < 4.78 is 0. The van der Waals surface area contributed by atoms with E-state index in [0.717, 1.165) is 56.6 Å². The molecule has 0 aromatic heterocycles. The van der Waals surface area contributed by atoms with Crippen LogP contribution in [0.25, 0.3) is 0 Å². The highest BCUT2D eigenvalue weighted by Gasteiger charge is 2.26. The number of piperidine rings is 1. The van der Waals surface area contributed by atoms with Crippen LogP contribution < -0.4 is 10.2 Å². The Morgan fingerprint density at radius 2 is 2.29 bits per heavy atom. The van der Waals surface area contributed by atoms with Crippen LogP contribution in [0.15, 0.2) is 18.2 Å². The molecule has 2 aliphatic rings. The molecule has 0 radical (unpaired) electrons. The first-order valence-electron chi connectivity index (χ1n) is 7.96. The predicted octanol–water partition coefficient (Wildman–Crippen LogP) is 2.02. The monoisotopic (exact) mass is 288 g/mol. The average Bonchev–Trinajstić information content (AvgIpc) is 2.53. The molecule has 1 aromatic rings. The van der Waals surface area contributed by atoms with E-state index >= 15 is 0 Å². The van der Waals surface area contributed by atoms with Crippen LogP contribution in [0.4, 0.5) is 5.69 Å². The quantitative estimate of drug-likeness (QED) is 0.875. The van der Waals surface area contributed by atoms with Crippen molar-refractivity contribution in [3.63, 3.8) is 0 Å². The number of nitrogens with one attached hydrogen (secondary N) is 1. The number of amides is 1. The van der Waals surface area contributed by atoms with Crippen molar-refractivity contribution in [2.24, 2.45) is 5.92 Å². The molecule has 0 aliphatic carbocycles. The molecule has 114 valence electrons. The molecule has 1 amide bonds. The van der Waals surface area contributed by atoms with E-state index in [1.54, 1.807) is 6.92 Å². The van der Waals surface area contributed by atoms with Crippen molar-refractivity contribution < 1.29 is 9.90 Å². The number of benzene rings is 1. The van der Waals surface area contributed by atoms with E-state index in [2.05, 4.69) is 11.4 Å². The minimum Gasteiger partial charge on any atom is -0.388 e. The molecule has 4 nitrogen and oxygen atoms in total. The zero-order valence-corrected chi connectivity index (χ0v) is 12.6. The lowest BCUT2D eigenvalue weighted by atomic mass is 9.88. The van der Waals surface area contributed by atoms with Crippen molar-refractivity contribution in [2.75, 3.05) is 24.5 Å². The Morgan fingerprint density at radius 1 is 1.43 bits per heavy atom. The van der Waals surface area contributed by atoms with Crippen LogP contribution in [0.3, 0.4) is 0 Å². The number of aliphatic hydroxyl groups excluding tert-OH is 1. The number of aliphatic hydroxyl groups is 1. The molecule has 0 bridgehead atoms. The van der Waals surface area contributed by atoms with Gasteiger partial charge in [-0.15, -0.1) is 0 Å². The topological polar surface area (TPSA) is 52.6 Å². The Kier molecular flexibility index (Phi) is 4.27. The van der Waals surface area contributed by atoms with Crippen molar-refractivity contribution >= 4 is 11.6 Å². The third-order valence-electron chi connectivity index (χ3n) is 4.73. The normalized spacial score (nSPS) is 23.5. The van der Waals surface area contributed by atoms with Gasteiger partial charge in [-0.2, -0.15) is 0 Å². The lowest BCUT2D eigenvalue weighted by Gasteiger charge is -2.31. The van der Waals surface area contributed by atoms with Gasteiger partial charge in [-0.05, 0) is 49.4 Å². The SMILES string of the molecule is CC(=O)N1CCCc2ccc(C(O)C3CCCNC3)cc21. The fourth-order valence-electron chi connectivity index (χ4n) is 3.52. The summed E-state index contributed by atoms with van der Waals surface area (Å²) in [4.78, 5) is 13.6. The Balaban J connectivity index is 1.87. The van der Waals surface area contributed by atoms with Crippen molar-refractivity contribution in [2.45, 2.75) is 38.7 Å². The van der Waals surface area contributed by atoms with Crippen LogP contribution in [0.5, 0.6) is 0 Å². The molecule has 2 heterocycles. The fraction of sp³-hybridized carbons (Fsp3) is 0.588. The van der Waals surface area contributed by atoms with Crippen molar-refractivity contribution in [3.05, 3.63) is 29.3 Å². The summed E-state index contributed by atoms with van der Waals surface area (Å²) in [6, 6.07) is 6.14. The molecule has 0 saturated carbocycles. The van der Waals surface area contributed by atoms with E-state index in [1.165, 1.54) is 5.56 Å². The Hall–Kier alpha value is -1.39. The minimum absolute atomic E-state index is 0.0851. The molecule has 3 rings (SSSR count). The predicted molar refractivity (Wildman–Crippen MR) is 83.3 cm³/mol. The second-order valence-corrected chi connectivity index (χ2v) is 6.21. The number of nitrogens with zero attached hydrogens (tertiary/aromatic N) is 1. The van der Waals surface area contributed by atoms with Crippen LogP contribution in [0.1, 0.15) is 43.4 Å². The largest absolute Gasteiger partial charge is 0.388 e. The molecular formula is C17H24N2O2. The number of carbonyl (C=O) groups is 1. The van der Waals surface area contributed by atoms with Gasteiger partial charge in [0, 0.05) is 31.6 Å². The molecule has 21 heavy (non-hydrogen) atoms. The molecule has 4 heteroatoms. The molecule has 1 saturated heterocycles. The third-order valence-corrected chi connectivity index (χ3v) is 4.73. The highest BCUT2D eigenvalue weighted by atomic mass is 16.3. The smallest absolute Gasteiger partial charge is 0.223 e. The summed E-state index contributed by atoms with van der Waals surface area (Å²) in [7, 11) is 0. The Labute approximate surface area is 126 Å². The number of hydrogen-bond donors (Lipinski definition) is 2. The van der Waals surface area contributed by atoms with Crippen LogP contribution in [-0.4, -0.2) is 30.6 Å². The second kappa shape index (κ2) is 6.16. The van der Waals surface area contributed by atoms with E-state index in [1.807, 2.05) is 17.0 Å². The van der Waals surface area contributed by atoms with Gasteiger partial charge in [0.1, 0.15) is 0 Å². The second-order valence-electron chi connectivity index (χ2n) is 6.21. The molecule has 1 fully saturated rings. The molecule has 2 atom stereocenters. The maximum absolute atomic E-state index is 11.8. The fourth-order valence-corrected chi connectivity index (χ4v) is 3.52. The maximum atomic E-state index is 11.8. The van der Waals surface area contributed by atoms with E-state index in [9.17, 15) is 9.90 Å². The van der Waals surface area contributed by atoms with Crippen molar-refractivity contribution in [3.8, 4) is 0 Å².